The summed E-state index contributed by atoms with van der Waals surface area (Å²) in [6, 6.07) is 14.9. The van der Waals surface area contributed by atoms with E-state index in [1.807, 2.05) is 30.1 Å². The third kappa shape index (κ3) is 5.64. The zero-order valence-electron chi connectivity index (χ0n) is 13.7. The number of hydrogen-bond donors (Lipinski definition) is 1. The smallest absolute Gasteiger partial charge is 0.173 e. The Morgan fingerprint density at radius 3 is 2.52 bits per heavy atom. The summed E-state index contributed by atoms with van der Waals surface area (Å²) in [6.07, 6.45) is 3.53. The highest BCUT2D eigenvalue weighted by molar-refractivity contribution is 7.80. The maximum Gasteiger partial charge on any atom is 0.173 e. The van der Waals surface area contributed by atoms with Crippen LogP contribution < -0.4 is 5.32 Å². The molecule has 122 valence electrons. The summed E-state index contributed by atoms with van der Waals surface area (Å²) in [5, 5.41) is 3.84. The zero-order valence-corrected chi connectivity index (χ0v) is 14.5. The molecule has 0 aromatic heterocycles. The van der Waals surface area contributed by atoms with E-state index < -0.39 is 0 Å². The van der Waals surface area contributed by atoms with Gasteiger partial charge in [-0.05, 0) is 60.5 Å². The summed E-state index contributed by atoms with van der Waals surface area (Å²) < 4.78 is 13.2. The van der Waals surface area contributed by atoms with Gasteiger partial charge in [0.05, 0.1) is 0 Å². The number of nitrogens with one attached hydrogen (secondary N) is 1. The quantitative estimate of drug-likeness (QED) is 0.751. The lowest BCUT2D eigenvalue weighted by atomic mass is 10.1. The van der Waals surface area contributed by atoms with Gasteiger partial charge < -0.3 is 10.2 Å². The average molecular weight is 330 g/mol. The van der Waals surface area contributed by atoms with Gasteiger partial charge >= 0.3 is 0 Å². The molecule has 2 aromatic rings. The summed E-state index contributed by atoms with van der Waals surface area (Å²) in [7, 11) is 1.90. The van der Waals surface area contributed by atoms with Crippen LogP contribution in [0.1, 0.15) is 30.9 Å². The topological polar surface area (TPSA) is 15.3 Å². The van der Waals surface area contributed by atoms with Crippen LogP contribution in [0.25, 0.3) is 0 Å². The van der Waals surface area contributed by atoms with Gasteiger partial charge in [-0.3, -0.25) is 0 Å². The van der Waals surface area contributed by atoms with Crippen molar-refractivity contribution in [3.63, 3.8) is 0 Å². The van der Waals surface area contributed by atoms with Crippen molar-refractivity contribution in [2.45, 2.75) is 32.7 Å². The van der Waals surface area contributed by atoms with E-state index >= 15 is 0 Å². The first-order valence-corrected chi connectivity index (χ1v) is 8.35. The van der Waals surface area contributed by atoms with Gasteiger partial charge in [0.15, 0.2) is 5.11 Å². The average Bonchev–Trinajstić information content (AvgIpc) is 2.54. The Hall–Kier alpha value is -1.94. The highest BCUT2D eigenvalue weighted by Gasteiger charge is 2.06. The number of benzene rings is 2. The molecule has 0 atom stereocenters. The predicted octanol–water partition coefficient (Wildman–Crippen LogP) is 5.00. The number of aryl methyl sites for hydroxylation is 1. The summed E-state index contributed by atoms with van der Waals surface area (Å²) in [6.45, 7) is 2.76. The molecule has 23 heavy (non-hydrogen) atoms. The zero-order chi connectivity index (χ0) is 16.7. The van der Waals surface area contributed by atoms with Crippen LogP contribution in [0.5, 0.6) is 0 Å². The third-order valence-electron chi connectivity index (χ3n) is 3.68. The first-order chi connectivity index (χ1) is 11.1. The van der Waals surface area contributed by atoms with Crippen LogP contribution in [0, 0.1) is 5.82 Å². The van der Waals surface area contributed by atoms with Crippen LogP contribution in [-0.2, 0) is 13.0 Å². The van der Waals surface area contributed by atoms with Gasteiger partial charge in [0.2, 0.25) is 0 Å². The first kappa shape index (κ1) is 17.4. The monoisotopic (exact) mass is 330 g/mol. The fraction of sp³-hybridized carbons (Fsp3) is 0.316. The van der Waals surface area contributed by atoms with Gasteiger partial charge in [-0.2, -0.15) is 0 Å². The number of rotatable bonds is 6. The number of thiocarbonyl (C=S) groups is 1. The molecule has 2 aromatic carbocycles. The van der Waals surface area contributed by atoms with Gasteiger partial charge in [0.1, 0.15) is 5.82 Å². The Morgan fingerprint density at radius 1 is 1.13 bits per heavy atom. The maximum absolute atomic E-state index is 13.2. The third-order valence-corrected chi connectivity index (χ3v) is 4.09. The molecule has 0 spiro atoms. The normalized spacial score (nSPS) is 10.4. The molecule has 0 heterocycles. The number of anilines is 1. The number of unbranched alkanes of at least 4 members (excludes halogenated alkanes) is 1. The Bertz CT molecular complexity index is 640. The van der Waals surface area contributed by atoms with Crippen LogP contribution in [0.15, 0.2) is 48.5 Å². The molecule has 0 saturated carbocycles. The van der Waals surface area contributed by atoms with Gasteiger partial charge in [-0.15, -0.1) is 0 Å². The van der Waals surface area contributed by atoms with E-state index in [0.717, 1.165) is 17.7 Å². The minimum atomic E-state index is -0.225. The Kier molecular flexibility index (Phi) is 6.53. The predicted molar refractivity (Wildman–Crippen MR) is 99.1 cm³/mol. The second kappa shape index (κ2) is 8.63. The molecular weight excluding hydrogens is 307 g/mol. The van der Waals surface area contributed by atoms with E-state index in [4.69, 9.17) is 12.2 Å². The lowest BCUT2D eigenvalue weighted by molar-refractivity contribution is 0.505. The van der Waals surface area contributed by atoms with Crippen molar-refractivity contribution in [1.29, 1.82) is 0 Å². The molecule has 0 unspecified atom stereocenters. The van der Waals surface area contributed by atoms with Crippen LogP contribution in [0.3, 0.4) is 0 Å². The first-order valence-electron chi connectivity index (χ1n) is 7.94. The molecule has 0 amide bonds. The van der Waals surface area contributed by atoms with E-state index in [1.54, 1.807) is 6.07 Å². The van der Waals surface area contributed by atoms with Gasteiger partial charge in [0.25, 0.3) is 0 Å². The van der Waals surface area contributed by atoms with Crippen molar-refractivity contribution >= 4 is 23.0 Å². The minimum Gasteiger partial charge on any atom is -0.348 e. The lowest BCUT2D eigenvalue weighted by Crippen LogP contribution is -2.30. The Balaban J connectivity index is 1.90. The molecule has 0 fully saturated rings. The molecule has 0 saturated heterocycles. The van der Waals surface area contributed by atoms with Crippen molar-refractivity contribution < 1.29 is 4.39 Å². The maximum atomic E-state index is 13.2. The molecule has 2 nitrogen and oxygen atoms in total. The van der Waals surface area contributed by atoms with E-state index in [1.165, 1.54) is 30.5 Å². The summed E-state index contributed by atoms with van der Waals surface area (Å²) in [4.78, 5) is 1.90. The molecule has 0 aliphatic carbocycles. The molecule has 4 heteroatoms. The molecular formula is C19H23FN2S. The highest BCUT2D eigenvalue weighted by Crippen LogP contribution is 2.13. The van der Waals surface area contributed by atoms with E-state index in [0.29, 0.717) is 11.7 Å². The van der Waals surface area contributed by atoms with E-state index in [9.17, 15) is 4.39 Å². The van der Waals surface area contributed by atoms with Gasteiger partial charge in [0, 0.05) is 19.3 Å². The number of hydrogen-bond acceptors (Lipinski definition) is 1. The second-order valence-electron chi connectivity index (χ2n) is 5.72. The fourth-order valence-electron chi connectivity index (χ4n) is 2.34. The Labute approximate surface area is 143 Å². The standard InChI is InChI=1S/C19H23FN2S/c1-3-4-6-15-9-11-18(12-10-15)21-19(23)22(2)14-16-7-5-8-17(20)13-16/h5,7-13H,3-4,6,14H2,1-2H3,(H,21,23). The highest BCUT2D eigenvalue weighted by atomic mass is 32.1. The largest absolute Gasteiger partial charge is 0.348 e. The molecule has 1 N–H and O–H groups in total. The van der Waals surface area contributed by atoms with Gasteiger partial charge in [-0.25, -0.2) is 4.39 Å². The lowest BCUT2D eigenvalue weighted by Gasteiger charge is -2.21. The summed E-state index contributed by atoms with van der Waals surface area (Å²) in [5.41, 5.74) is 3.21. The van der Waals surface area contributed by atoms with Crippen LogP contribution in [0.2, 0.25) is 0 Å². The number of nitrogens with zero attached hydrogens (tertiary/aromatic N) is 1. The van der Waals surface area contributed by atoms with Crippen molar-refractivity contribution in [2.75, 3.05) is 12.4 Å². The SMILES string of the molecule is CCCCc1ccc(NC(=S)N(C)Cc2cccc(F)c2)cc1. The molecule has 0 radical (unpaired) electrons. The minimum absolute atomic E-state index is 0.225. The summed E-state index contributed by atoms with van der Waals surface area (Å²) in [5.74, 6) is -0.225. The number of halogens is 1. The van der Waals surface area contributed by atoms with Crippen molar-refractivity contribution in [3.8, 4) is 0 Å². The second-order valence-corrected chi connectivity index (χ2v) is 6.10. The molecule has 0 aliphatic rings. The van der Waals surface area contributed by atoms with Crippen molar-refractivity contribution in [1.82, 2.24) is 4.90 Å². The van der Waals surface area contributed by atoms with Crippen LogP contribution in [-0.4, -0.2) is 17.1 Å². The molecule has 0 aliphatic heterocycles. The van der Waals surface area contributed by atoms with Crippen molar-refractivity contribution in [3.05, 3.63) is 65.5 Å². The van der Waals surface area contributed by atoms with Gasteiger partial charge in [-0.1, -0.05) is 37.6 Å². The fourth-order valence-corrected chi connectivity index (χ4v) is 2.52. The summed E-state index contributed by atoms with van der Waals surface area (Å²) >= 11 is 5.41. The van der Waals surface area contributed by atoms with Crippen LogP contribution >= 0.6 is 12.2 Å². The molecule has 2 rings (SSSR count). The van der Waals surface area contributed by atoms with E-state index in [-0.39, 0.29) is 5.82 Å². The van der Waals surface area contributed by atoms with E-state index in [2.05, 4.69) is 24.4 Å². The molecule has 0 bridgehead atoms. The Morgan fingerprint density at radius 2 is 1.87 bits per heavy atom. The van der Waals surface area contributed by atoms with Crippen LogP contribution in [0.4, 0.5) is 10.1 Å². The van der Waals surface area contributed by atoms with Crippen molar-refractivity contribution in [2.24, 2.45) is 0 Å².